The fourth-order valence-electron chi connectivity index (χ4n) is 6.53. The molecule has 0 bridgehead atoms. The van der Waals surface area contributed by atoms with Crippen LogP contribution in [-0.4, -0.2) is 109 Å². The van der Waals surface area contributed by atoms with Gasteiger partial charge in [0.1, 0.15) is 36.3 Å². The number of aromatic nitrogens is 3. The SMILES string of the molecule is CCC(C)C(NC(=O)C(CC(=O)O)NC(=O)C(CC(C)C)NC(=O)C(Cc1cnc[nH]1)NC(C)=O)C(=O)NC(C(=O)NC(Cc1cc2ccccc2[nH]1)C(=O)O)C(C)CC. The van der Waals surface area contributed by atoms with Crippen molar-refractivity contribution in [3.8, 4) is 0 Å². The monoisotopic (exact) mass is 837 g/mol. The maximum absolute atomic E-state index is 14.0. The van der Waals surface area contributed by atoms with E-state index in [-0.39, 0.29) is 25.2 Å². The molecular weight excluding hydrogens is 779 g/mol. The number of carbonyl (C=O) groups is 8. The van der Waals surface area contributed by atoms with E-state index in [1.54, 1.807) is 47.6 Å². The second-order valence-electron chi connectivity index (χ2n) is 15.6. The van der Waals surface area contributed by atoms with Crippen LogP contribution in [0.5, 0.6) is 0 Å². The molecule has 19 heteroatoms. The number of benzene rings is 1. The Morgan fingerprint density at radius 2 is 1.20 bits per heavy atom. The zero-order valence-electron chi connectivity index (χ0n) is 35.1. The van der Waals surface area contributed by atoms with Crippen LogP contribution < -0.4 is 31.9 Å². The Balaban J connectivity index is 1.80. The van der Waals surface area contributed by atoms with Gasteiger partial charge in [0.05, 0.1) is 12.7 Å². The smallest absolute Gasteiger partial charge is 0.326 e. The molecule has 8 atom stereocenters. The van der Waals surface area contributed by atoms with Crippen LogP contribution in [0, 0.1) is 17.8 Å². The van der Waals surface area contributed by atoms with Crippen molar-refractivity contribution in [3.05, 3.63) is 54.2 Å². The molecule has 3 rings (SSSR count). The van der Waals surface area contributed by atoms with E-state index in [9.17, 15) is 48.6 Å². The molecule has 0 aliphatic heterocycles. The summed E-state index contributed by atoms with van der Waals surface area (Å²) in [5, 5.41) is 36.0. The largest absolute Gasteiger partial charge is 0.481 e. The van der Waals surface area contributed by atoms with Crippen molar-refractivity contribution in [2.75, 3.05) is 0 Å². The summed E-state index contributed by atoms with van der Waals surface area (Å²) in [5.74, 6) is -8.56. The van der Waals surface area contributed by atoms with Crippen molar-refractivity contribution in [2.45, 2.75) is 123 Å². The molecule has 0 saturated heterocycles. The van der Waals surface area contributed by atoms with Gasteiger partial charge in [-0.1, -0.05) is 72.6 Å². The molecule has 60 heavy (non-hydrogen) atoms. The normalized spacial score (nSPS) is 15.3. The summed E-state index contributed by atoms with van der Waals surface area (Å²) in [6.45, 7) is 11.7. The van der Waals surface area contributed by atoms with E-state index in [1.807, 2.05) is 24.3 Å². The Bertz CT molecular complexity index is 1930. The molecule has 0 spiro atoms. The molecule has 10 N–H and O–H groups in total. The summed E-state index contributed by atoms with van der Waals surface area (Å²) in [7, 11) is 0. The number of imidazole rings is 1. The number of nitrogens with zero attached hydrogens (tertiary/aromatic N) is 1. The first-order valence-corrected chi connectivity index (χ1v) is 20.1. The molecule has 8 unspecified atom stereocenters. The highest BCUT2D eigenvalue weighted by atomic mass is 16.4. The summed E-state index contributed by atoms with van der Waals surface area (Å²) in [6.07, 6.45) is 2.80. The molecule has 19 nitrogen and oxygen atoms in total. The Morgan fingerprint density at radius 3 is 1.73 bits per heavy atom. The maximum Gasteiger partial charge on any atom is 0.326 e. The highest BCUT2D eigenvalue weighted by Gasteiger charge is 2.37. The van der Waals surface area contributed by atoms with Crippen LogP contribution in [0.25, 0.3) is 10.9 Å². The third-order valence-electron chi connectivity index (χ3n) is 10.2. The summed E-state index contributed by atoms with van der Waals surface area (Å²) in [4.78, 5) is 115. The van der Waals surface area contributed by atoms with Crippen LogP contribution >= 0.6 is 0 Å². The van der Waals surface area contributed by atoms with Gasteiger partial charge in [-0.25, -0.2) is 9.78 Å². The van der Waals surface area contributed by atoms with Gasteiger partial charge in [-0.05, 0) is 41.7 Å². The average Bonchev–Trinajstić information content (AvgIpc) is 3.86. The number of hydrogen-bond donors (Lipinski definition) is 10. The van der Waals surface area contributed by atoms with Crippen molar-refractivity contribution < 1.29 is 48.6 Å². The molecule has 0 radical (unpaired) electrons. The molecule has 6 amide bonds. The minimum atomic E-state index is -1.70. The van der Waals surface area contributed by atoms with E-state index in [1.165, 1.54) is 19.4 Å². The molecule has 2 aromatic heterocycles. The highest BCUT2D eigenvalue weighted by molar-refractivity contribution is 5.98. The van der Waals surface area contributed by atoms with E-state index in [0.29, 0.717) is 24.2 Å². The second-order valence-corrected chi connectivity index (χ2v) is 15.6. The maximum atomic E-state index is 14.0. The van der Waals surface area contributed by atoms with Gasteiger partial charge < -0.3 is 52.1 Å². The quantitative estimate of drug-likeness (QED) is 0.0614. The number of aliphatic carboxylic acids is 2. The Labute approximate surface area is 348 Å². The van der Waals surface area contributed by atoms with Crippen LogP contribution in [0.4, 0.5) is 0 Å². The van der Waals surface area contributed by atoms with Gasteiger partial charge in [-0.2, -0.15) is 0 Å². The number of amides is 6. The predicted molar refractivity (Wildman–Crippen MR) is 220 cm³/mol. The molecule has 0 saturated carbocycles. The van der Waals surface area contributed by atoms with E-state index < -0.39 is 102 Å². The number of carboxylic acid groups (broad SMARTS) is 2. The Morgan fingerprint density at radius 1 is 0.667 bits per heavy atom. The zero-order valence-corrected chi connectivity index (χ0v) is 35.1. The molecule has 0 aliphatic rings. The minimum absolute atomic E-state index is 0.0231. The molecule has 0 fully saturated rings. The highest BCUT2D eigenvalue weighted by Crippen LogP contribution is 2.17. The number of aromatic amines is 2. The number of para-hydroxylation sites is 1. The number of carboxylic acids is 2. The Hall–Kier alpha value is -6.27. The first kappa shape index (κ1) is 48.1. The number of nitrogens with one attached hydrogen (secondary N) is 8. The zero-order chi connectivity index (χ0) is 44.7. The van der Waals surface area contributed by atoms with Crippen molar-refractivity contribution in [3.63, 3.8) is 0 Å². The summed E-state index contributed by atoms with van der Waals surface area (Å²) in [5.41, 5.74) is 1.91. The number of hydrogen-bond acceptors (Lipinski definition) is 9. The van der Waals surface area contributed by atoms with Crippen LogP contribution in [0.1, 0.15) is 85.5 Å². The van der Waals surface area contributed by atoms with Crippen molar-refractivity contribution in [1.29, 1.82) is 0 Å². The van der Waals surface area contributed by atoms with Crippen molar-refractivity contribution in [2.24, 2.45) is 17.8 Å². The van der Waals surface area contributed by atoms with Gasteiger partial charge in [0.15, 0.2) is 0 Å². The van der Waals surface area contributed by atoms with Gasteiger partial charge in [0.2, 0.25) is 35.4 Å². The van der Waals surface area contributed by atoms with Crippen LogP contribution in [0.15, 0.2) is 42.9 Å². The van der Waals surface area contributed by atoms with Gasteiger partial charge in [-0.15, -0.1) is 0 Å². The number of carbonyl (C=O) groups excluding carboxylic acids is 6. The second kappa shape index (κ2) is 22.8. The third kappa shape index (κ3) is 14.5. The standard InChI is InChI=1S/C41H59N9O10/c1-8-22(5)34(39(57)48-32(41(59)60)16-26-15-25-12-10-11-13-28(25)45-26)50-40(58)35(23(6)9-2)49-38(56)31(18-33(52)53)47-36(54)29(14-21(3)4)46-37(55)30(44-24(7)51)17-27-19-42-20-43-27/h10-13,15,19-23,29-32,34-35,45H,8-9,14,16-18H2,1-7H3,(H,42,43)(H,44,51)(H,46,55)(H,47,54)(H,48,57)(H,49,56)(H,50,58)(H,52,53)(H,59,60). The van der Waals surface area contributed by atoms with E-state index in [2.05, 4.69) is 46.9 Å². The fourth-order valence-corrected chi connectivity index (χ4v) is 6.53. The first-order valence-electron chi connectivity index (χ1n) is 20.1. The van der Waals surface area contributed by atoms with Gasteiger partial charge in [0, 0.05) is 42.9 Å². The lowest BCUT2D eigenvalue weighted by Crippen LogP contribution is -2.61. The molecule has 3 aromatic rings. The summed E-state index contributed by atoms with van der Waals surface area (Å²) < 4.78 is 0. The lowest BCUT2D eigenvalue weighted by atomic mass is 9.94. The van der Waals surface area contributed by atoms with Crippen LogP contribution in [0.2, 0.25) is 0 Å². The molecule has 328 valence electrons. The van der Waals surface area contributed by atoms with Gasteiger partial charge >= 0.3 is 11.9 Å². The number of H-pyrrole nitrogens is 2. The number of fused-ring (bicyclic) bond motifs is 1. The van der Waals surface area contributed by atoms with E-state index in [4.69, 9.17) is 0 Å². The molecular formula is C41H59N9O10. The molecule has 2 heterocycles. The van der Waals surface area contributed by atoms with Gasteiger partial charge in [-0.3, -0.25) is 33.6 Å². The van der Waals surface area contributed by atoms with E-state index >= 15 is 0 Å². The van der Waals surface area contributed by atoms with Crippen molar-refractivity contribution in [1.82, 2.24) is 46.9 Å². The summed E-state index contributed by atoms with van der Waals surface area (Å²) >= 11 is 0. The van der Waals surface area contributed by atoms with Crippen LogP contribution in [0.3, 0.4) is 0 Å². The lowest BCUT2D eigenvalue weighted by Gasteiger charge is -2.30. The minimum Gasteiger partial charge on any atom is -0.481 e. The van der Waals surface area contributed by atoms with Gasteiger partial charge in [0.25, 0.3) is 0 Å². The van der Waals surface area contributed by atoms with E-state index in [0.717, 1.165) is 10.9 Å². The Kier molecular flexibility index (Phi) is 18.3. The van der Waals surface area contributed by atoms with Crippen molar-refractivity contribution >= 4 is 58.3 Å². The first-order chi connectivity index (χ1) is 28.3. The predicted octanol–water partition coefficient (Wildman–Crippen LogP) is 1.30. The summed E-state index contributed by atoms with van der Waals surface area (Å²) in [6, 6.07) is 1.22. The number of rotatable bonds is 24. The van der Waals surface area contributed by atoms with Crippen LogP contribution in [-0.2, 0) is 51.2 Å². The third-order valence-corrected chi connectivity index (χ3v) is 10.2. The average molecular weight is 838 g/mol. The fraction of sp³-hybridized carbons (Fsp3) is 0.537. The molecule has 1 aromatic carbocycles. The molecule has 0 aliphatic carbocycles. The topological polar surface area (TPSA) is 294 Å². The lowest BCUT2D eigenvalue weighted by molar-refractivity contribution is -0.142.